The van der Waals surface area contributed by atoms with Gasteiger partial charge in [-0.3, -0.25) is 9.11 Å². The first-order chi connectivity index (χ1) is 25.5. The lowest BCUT2D eigenvalue weighted by Crippen LogP contribution is -2.31. The van der Waals surface area contributed by atoms with Gasteiger partial charge < -0.3 is 4.74 Å². The molecule has 0 amide bonds. The molecule has 0 saturated carbocycles. The van der Waals surface area contributed by atoms with Gasteiger partial charge in [-0.2, -0.15) is 26.4 Å². The molecule has 0 spiro atoms. The number of ether oxygens (including phenoxy) is 1. The molecule has 10 nitrogen and oxygen atoms in total. The second-order valence-corrected chi connectivity index (χ2v) is 17.7. The summed E-state index contributed by atoms with van der Waals surface area (Å²) in [5.41, 5.74) is 6.20. The summed E-state index contributed by atoms with van der Waals surface area (Å²) in [7, 11) is -8.69. The highest BCUT2D eigenvalue weighted by molar-refractivity contribution is 7.87. The second kappa shape index (κ2) is 15.3. The Morgan fingerprint density at radius 2 is 1.56 bits per heavy atom. The fraction of sp³-hybridized carbons (Fsp3) is 0.317. The van der Waals surface area contributed by atoms with E-state index >= 15 is 0 Å². The van der Waals surface area contributed by atoms with Gasteiger partial charge in [0, 0.05) is 35.2 Å². The molecule has 2 heterocycles. The number of anilines is 1. The van der Waals surface area contributed by atoms with Gasteiger partial charge in [-0.1, -0.05) is 56.3 Å². The molecule has 0 radical (unpaired) electrons. The van der Waals surface area contributed by atoms with E-state index in [0.29, 0.717) is 54.4 Å². The van der Waals surface area contributed by atoms with Crippen LogP contribution in [0.4, 0.5) is 17.1 Å². The smallest absolute Gasteiger partial charge is 0.364 e. The minimum absolute atomic E-state index is 0.292. The van der Waals surface area contributed by atoms with Crippen molar-refractivity contribution in [3.05, 3.63) is 131 Å². The molecule has 13 heteroatoms. The zero-order chi connectivity index (χ0) is 38.9. The van der Waals surface area contributed by atoms with E-state index in [4.69, 9.17) is 17.0 Å². The van der Waals surface area contributed by atoms with Gasteiger partial charge >= 0.3 is 10.3 Å². The zero-order valence-corrected chi connectivity index (χ0v) is 33.1. The van der Waals surface area contributed by atoms with Gasteiger partial charge in [-0.05, 0) is 111 Å². The summed E-state index contributed by atoms with van der Waals surface area (Å²) in [5, 5.41) is 2.38. The molecule has 3 aliphatic rings. The molecule has 0 fully saturated rings. The Morgan fingerprint density at radius 3 is 2.24 bits per heavy atom. The first kappa shape index (κ1) is 39.2. The highest BCUT2D eigenvalue weighted by Gasteiger charge is 2.45. The lowest BCUT2D eigenvalue weighted by Gasteiger charge is -2.25. The van der Waals surface area contributed by atoms with Crippen molar-refractivity contribution in [1.29, 1.82) is 0 Å². The number of rotatable bonds is 12. The molecular formula is C41H44N3O7S3+. The Kier molecular flexibility index (Phi) is 11.1. The van der Waals surface area contributed by atoms with Crippen molar-refractivity contribution < 1.29 is 35.3 Å². The molecular weight excluding hydrogens is 743 g/mol. The van der Waals surface area contributed by atoms with E-state index in [1.54, 1.807) is 42.5 Å². The predicted octanol–water partition coefficient (Wildman–Crippen LogP) is 8.95. The SMILES string of the molecule is CC1(C)C(=CC=C2CCCC(C=CC3=[N+](CCCCS(=O)(=O)O)c4ccccc4C3(C)C)=C2Oc2ccc(N=C=S)cc2)N(S(=O)(=O)O)c2ccccc21. The molecule has 54 heavy (non-hydrogen) atoms. The number of nitrogens with zero attached hydrogens (tertiary/aromatic N) is 3. The number of aliphatic imine (C=N–C) groups is 1. The molecule has 2 N–H and O–H groups in total. The number of fused-ring (bicyclic) bond motifs is 2. The maximum atomic E-state index is 12.8. The Hall–Kier alpha value is -4.49. The largest absolute Gasteiger partial charge is 0.457 e. The van der Waals surface area contributed by atoms with E-state index in [2.05, 4.69) is 52.9 Å². The van der Waals surface area contributed by atoms with Crippen LogP contribution in [0.1, 0.15) is 70.9 Å². The van der Waals surface area contributed by atoms with Crippen LogP contribution >= 0.6 is 12.2 Å². The summed E-state index contributed by atoms with van der Waals surface area (Å²) in [6.07, 6.45) is 10.9. The van der Waals surface area contributed by atoms with Gasteiger partial charge in [0.15, 0.2) is 5.71 Å². The van der Waals surface area contributed by atoms with Gasteiger partial charge in [0.25, 0.3) is 10.1 Å². The number of hydrogen-bond acceptors (Lipinski definition) is 7. The predicted molar refractivity (Wildman–Crippen MR) is 216 cm³/mol. The van der Waals surface area contributed by atoms with E-state index in [-0.39, 0.29) is 11.2 Å². The minimum atomic E-state index is -4.63. The zero-order valence-electron chi connectivity index (χ0n) is 30.7. The molecule has 0 saturated heterocycles. The first-order valence-corrected chi connectivity index (χ1v) is 21.2. The molecule has 0 atom stereocenters. The van der Waals surface area contributed by atoms with Gasteiger partial charge in [-0.25, -0.2) is 4.31 Å². The Balaban J connectivity index is 1.45. The van der Waals surface area contributed by atoms with Crippen molar-refractivity contribution in [2.24, 2.45) is 4.99 Å². The van der Waals surface area contributed by atoms with Gasteiger partial charge in [-0.15, -0.1) is 0 Å². The average Bonchev–Trinajstić information content (AvgIpc) is 3.48. The van der Waals surface area contributed by atoms with Crippen LogP contribution in [-0.4, -0.2) is 53.7 Å². The highest BCUT2D eigenvalue weighted by atomic mass is 32.2. The number of unbranched alkanes of at least 4 members (excludes halogenated alkanes) is 1. The molecule has 0 bridgehead atoms. The van der Waals surface area contributed by atoms with Crippen molar-refractivity contribution >= 4 is 60.6 Å². The summed E-state index contributed by atoms with van der Waals surface area (Å²) in [5.74, 6) is 0.926. The monoisotopic (exact) mass is 786 g/mol. The van der Waals surface area contributed by atoms with Gasteiger partial charge in [0.1, 0.15) is 18.1 Å². The standard InChI is InChI=1S/C41H43N3O7S3/c1-40(2)33-14-5-7-16-35(33)43(26-9-10-27-53(45,46)47)37(40)24-18-29-12-11-13-30(39(29)51-32-22-20-31(21-23-32)42-28-52)19-25-38-41(3,4)34-15-6-8-17-36(34)44(38)54(48,49)50/h5-8,14-25H,9-13,26-27H2,1-4H3,(H-,45,46,47,48,49,50)/p+1. The number of para-hydroxylation sites is 2. The summed E-state index contributed by atoms with van der Waals surface area (Å²) in [4.78, 5) is 4.05. The third kappa shape index (κ3) is 8.12. The molecule has 282 valence electrons. The van der Waals surface area contributed by atoms with Crippen LogP contribution < -0.4 is 9.04 Å². The number of benzene rings is 3. The molecule has 3 aromatic rings. The fourth-order valence-electron chi connectivity index (χ4n) is 7.63. The molecule has 2 aliphatic heterocycles. The first-order valence-electron chi connectivity index (χ1n) is 17.8. The molecule has 0 unspecified atom stereocenters. The van der Waals surface area contributed by atoms with Crippen LogP contribution in [0.5, 0.6) is 5.75 Å². The number of hydrogen-bond donors (Lipinski definition) is 2. The molecule has 1 aliphatic carbocycles. The van der Waals surface area contributed by atoms with E-state index < -0.39 is 25.8 Å². The van der Waals surface area contributed by atoms with E-state index in [1.807, 2.05) is 44.2 Å². The minimum Gasteiger partial charge on any atom is -0.457 e. The van der Waals surface area contributed by atoms with Crippen molar-refractivity contribution in [1.82, 2.24) is 0 Å². The van der Waals surface area contributed by atoms with Crippen LogP contribution in [0, 0.1) is 0 Å². The average molecular weight is 787 g/mol. The topological polar surface area (TPSA) is 137 Å². The quantitative estimate of drug-likeness (QED) is 0.0611. The van der Waals surface area contributed by atoms with Crippen LogP contribution in [0.2, 0.25) is 0 Å². The lowest BCUT2D eigenvalue weighted by molar-refractivity contribution is -0.438. The number of thiocarbonyl (C=S) groups is 1. The Bertz CT molecular complexity index is 2400. The summed E-state index contributed by atoms with van der Waals surface area (Å²) in [6, 6.07) is 22.5. The number of allylic oxidation sites excluding steroid dienone is 7. The number of isothiocyanates is 1. The normalized spacial score (nSPS) is 19.4. The molecule has 0 aromatic heterocycles. The van der Waals surface area contributed by atoms with Crippen molar-refractivity contribution in [2.75, 3.05) is 16.6 Å². The molecule has 6 rings (SSSR count). The van der Waals surface area contributed by atoms with E-state index in [9.17, 15) is 25.9 Å². The van der Waals surface area contributed by atoms with Gasteiger partial charge in [0.05, 0.1) is 27.7 Å². The second-order valence-electron chi connectivity index (χ2n) is 14.6. The third-order valence-corrected chi connectivity index (χ3v) is 12.1. The maximum Gasteiger partial charge on any atom is 0.364 e. The molecule has 3 aromatic carbocycles. The van der Waals surface area contributed by atoms with Gasteiger partial charge in [0.2, 0.25) is 5.69 Å². The summed E-state index contributed by atoms with van der Waals surface area (Å²) >= 11 is 4.77. The van der Waals surface area contributed by atoms with Crippen molar-refractivity contribution in [3.8, 4) is 5.75 Å². The Morgan fingerprint density at radius 1 is 0.870 bits per heavy atom. The van der Waals surface area contributed by atoms with Crippen LogP contribution in [-0.2, 0) is 31.3 Å². The summed E-state index contributed by atoms with van der Waals surface area (Å²) < 4.78 is 78.0. The highest BCUT2D eigenvalue weighted by Crippen LogP contribution is 2.49. The fourth-order valence-corrected chi connectivity index (χ4v) is 9.25. The van der Waals surface area contributed by atoms with E-state index in [0.717, 1.165) is 50.8 Å². The van der Waals surface area contributed by atoms with Crippen LogP contribution in [0.25, 0.3) is 0 Å². The summed E-state index contributed by atoms with van der Waals surface area (Å²) in [6.45, 7) is 8.76. The van der Waals surface area contributed by atoms with Crippen molar-refractivity contribution in [2.45, 2.75) is 70.6 Å². The van der Waals surface area contributed by atoms with Crippen molar-refractivity contribution in [3.63, 3.8) is 0 Å². The maximum absolute atomic E-state index is 12.8. The Labute approximate surface area is 323 Å². The third-order valence-electron chi connectivity index (χ3n) is 10.3. The van der Waals surface area contributed by atoms with E-state index in [1.165, 1.54) is 0 Å². The van der Waals surface area contributed by atoms with Crippen LogP contribution in [0.15, 0.2) is 125 Å². The van der Waals surface area contributed by atoms with Crippen LogP contribution in [0.3, 0.4) is 0 Å². The lowest BCUT2D eigenvalue weighted by atomic mass is 9.81.